The van der Waals surface area contributed by atoms with Gasteiger partial charge in [0.15, 0.2) is 11.3 Å². The monoisotopic (exact) mass is 522 g/mol. The summed E-state index contributed by atoms with van der Waals surface area (Å²) in [5, 5.41) is 6.17. The van der Waals surface area contributed by atoms with Gasteiger partial charge >= 0.3 is 6.18 Å². The summed E-state index contributed by atoms with van der Waals surface area (Å²) in [6.07, 6.45) is -2.08. The molecule has 34 heavy (non-hydrogen) atoms. The van der Waals surface area contributed by atoms with Crippen molar-refractivity contribution in [2.45, 2.75) is 18.1 Å². The SMILES string of the molecule is CCSc1nn2c(-c3cccc(Cl)c3Cl)ccnc2c1-c1nc2cc(C(F)(F)F)cnc2n1C. The largest absolute Gasteiger partial charge is 0.417 e. The summed E-state index contributed by atoms with van der Waals surface area (Å²) in [6, 6.07) is 8.08. The van der Waals surface area contributed by atoms with Gasteiger partial charge in [-0.15, -0.1) is 11.8 Å². The normalized spacial score (nSPS) is 12.2. The Hall–Kier alpha value is -2.82. The number of imidazole rings is 1. The summed E-state index contributed by atoms with van der Waals surface area (Å²) in [7, 11) is 1.70. The molecule has 0 unspecified atom stereocenters. The van der Waals surface area contributed by atoms with Crippen molar-refractivity contribution in [3.63, 3.8) is 0 Å². The Morgan fingerprint density at radius 2 is 1.88 bits per heavy atom. The molecule has 5 aromatic rings. The van der Waals surface area contributed by atoms with Gasteiger partial charge in [0.1, 0.15) is 16.4 Å². The Balaban J connectivity index is 1.79. The van der Waals surface area contributed by atoms with E-state index in [9.17, 15) is 13.2 Å². The van der Waals surface area contributed by atoms with Crippen LogP contribution in [0.2, 0.25) is 10.0 Å². The van der Waals surface area contributed by atoms with Crippen molar-refractivity contribution in [1.29, 1.82) is 0 Å². The topological polar surface area (TPSA) is 60.9 Å². The molecule has 0 atom stereocenters. The molecule has 12 heteroatoms. The number of rotatable bonds is 4. The molecule has 1 aromatic carbocycles. The molecule has 0 N–H and O–H groups in total. The van der Waals surface area contributed by atoms with Crippen molar-refractivity contribution in [2.24, 2.45) is 7.05 Å². The van der Waals surface area contributed by atoms with Crippen molar-refractivity contribution in [2.75, 3.05) is 5.75 Å². The fourth-order valence-electron chi connectivity index (χ4n) is 3.72. The molecule has 0 aliphatic carbocycles. The van der Waals surface area contributed by atoms with Crippen molar-refractivity contribution >= 4 is 51.8 Å². The molecule has 0 saturated carbocycles. The number of alkyl halides is 3. The molecule has 0 radical (unpaired) electrons. The number of halogens is 5. The van der Waals surface area contributed by atoms with Crippen LogP contribution >= 0.6 is 35.0 Å². The smallest absolute Gasteiger partial charge is 0.312 e. The number of pyridine rings is 1. The van der Waals surface area contributed by atoms with E-state index in [-0.39, 0.29) is 5.52 Å². The number of fused-ring (bicyclic) bond motifs is 2. The van der Waals surface area contributed by atoms with Crippen molar-refractivity contribution in [3.05, 3.63) is 58.3 Å². The highest BCUT2D eigenvalue weighted by Crippen LogP contribution is 2.39. The predicted molar refractivity (Wildman–Crippen MR) is 127 cm³/mol. The van der Waals surface area contributed by atoms with E-state index in [1.165, 1.54) is 11.8 Å². The second-order valence-corrected chi connectivity index (χ2v) is 9.38. The highest BCUT2D eigenvalue weighted by Gasteiger charge is 2.32. The van der Waals surface area contributed by atoms with E-state index in [4.69, 9.17) is 28.3 Å². The maximum atomic E-state index is 13.2. The van der Waals surface area contributed by atoms with Crippen LogP contribution in [0.3, 0.4) is 0 Å². The number of nitrogens with zero attached hydrogens (tertiary/aromatic N) is 6. The first kappa shape index (κ1) is 22.9. The molecular weight excluding hydrogens is 508 g/mol. The van der Waals surface area contributed by atoms with E-state index < -0.39 is 11.7 Å². The Labute approximate surface area is 205 Å². The summed E-state index contributed by atoms with van der Waals surface area (Å²) < 4.78 is 42.9. The number of hydrogen-bond donors (Lipinski definition) is 0. The van der Waals surface area contributed by atoms with Gasteiger partial charge < -0.3 is 4.57 Å². The molecule has 174 valence electrons. The molecule has 4 aromatic heterocycles. The molecule has 0 saturated heterocycles. The second-order valence-electron chi connectivity index (χ2n) is 7.34. The zero-order valence-corrected chi connectivity index (χ0v) is 20.1. The molecule has 0 aliphatic heterocycles. The first-order valence-electron chi connectivity index (χ1n) is 10.1. The van der Waals surface area contributed by atoms with Crippen LogP contribution in [0.15, 0.2) is 47.8 Å². The standard InChI is InChI=1S/C22H15Cl2F3N6S/c1-3-34-21-16(20-30-14-9-11(22(25,26)27)10-29-18(14)32(20)2)19-28-8-7-15(33(19)31-21)12-5-4-6-13(23)17(12)24/h4-10H,3H2,1-2H3. The Bertz CT molecular complexity index is 1560. The molecule has 0 fully saturated rings. The number of aromatic nitrogens is 6. The van der Waals surface area contributed by atoms with Crippen LogP contribution in [0.5, 0.6) is 0 Å². The number of hydrogen-bond acceptors (Lipinski definition) is 5. The zero-order chi connectivity index (χ0) is 24.2. The lowest BCUT2D eigenvalue weighted by Gasteiger charge is -2.08. The minimum atomic E-state index is -4.51. The first-order chi connectivity index (χ1) is 16.2. The minimum absolute atomic E-state index is 0.133. The third-order valence-corrected chi connectivity index (χ3v) is 6.92. The number of aryl methyl sites for hydroxylation is 1. The van der Waals surface area contributed by atoms with Crippen LogP contribution in [0, 0.1) is 0 Å². The number of benzene rings is 1. The average molecular weight is 523 g/mol. The third kappa shape index (κ3) is 3.70. The quantitative estimate of drug-likeness (QED) is 0.243. The zero-order valence-electron chi connectivity index (χ0n) is 17.7. The van der Waals surface area contributed by atoms with E-state index >= 15 is 0 Å². The lowest BCUT2D eigenvalue weighted by molar-refractivity contribution is -0.137. The Kier molecular flexibility index (Phi) is 5.70. The summed E-state index contributed by atoms with van der Waals surface area (Å²) in [5.41, 5.74) is 2.02. The maximum Gasteiger partial charge on any atom is 0.417 e. The fraction of sp³-hybridized carbons (Fsp3) is 0.182. The van der Waals surface area contributed by atoms with Gasteiger partial charge in [-0.25, -0.2) is 19.5 Å². The predicted octanol–water partition coefficient (Wildman–Crippen LogP) is 6.78. The summed E-state index contributed by atoms with van der Waals surface area (Å²) in [5.74, 6) is 1.12. The molecule has 0 amide bonds. The minimum Gasteiger partial charge on any atom is -0.312 e. The van der Waals surface area contributed by atoms with Crippen LogP contribution in [0.4, 0.5) is 13.2 Å². The Morgan fingerprint density at radius 3 is 2.62 bits per heavy atom. The van der Waals surface area contributed by atoms with Gasteiger partial charge in [0.05, 0.1) is 26.9 Å². The second kappa shape index (κ2) is 8.44. The van der Waals surface area contributed by atoms with Gasteiger partial charge in [-0.05, 0) is 24.0 Å². The van der Waals surface area contributed by atoms with Gasteiger partial charge in [-0.3, -0.25) is 0 Å². The van der Waals surface area contributed by atoms with Crippen LogP contribution < -0.4 is 0 Å². The van der Waals surface area contributed by atoms with E-state index in [1.807, 2.05) is 13.0 Å². The molecule has 5 rings (SSSR count). The summed E-state index contributed by atoms with van der Waals surface area (Å²) in [6.45, 7) is 1.98. The van der Waals surface area contributed by atoms with Crippen LogP contribution in [0.1, 0.15) is 12.5 Å². The van der Waals surface area contributed by atoms with Crippen molar-refractivity contribution in [3.8, 4) is 22.6 Å². The third-order valence-electron chi connectivity index (χ3n) is 5.25. The number of thioether (sulfide) groups is 1. The molecule has 4 heterocycles. The Morgan fingerprint density at radius 1 is 1.09 bits per heavy atom. The fourth-order valence-corrected chi connectivity index (χ4v) is 4.86. The van der Waals surface area contributed by atoms with Gasteiger partial charge in [0, 0.05) is 25.0 Å². The molecule has 6 nitrogen and oxygen atoms in total. The first-order valence-corrected chi connectivity index (χ1v) is 11.8. The van der Waals surface area contributed by atoms with Crippen LogP contribution in [-0.2, 0) is 13.2 Å². The molecule has 0 spiro atoms. The van der Waals surface area contributed by atoms with Crippen molar-refractivity contribution in [1.82, 2.24) is 29.1 Å². The van der Waals surface area contributed by atoms with Gasteiger partial charge in [0.2, 0.25) is 0 Å². The summed E-state index contributed by atoms with van der Waals surface area (Å²) >= 11 is 14.2. The molecule has 0 aliphatic rings. The van der Waals surface area contributed by atoms with E-state index in [2.05, 4.69) is 15.0 Å². The summed E-state index contributed by atoms with van der Waals surface area (Å²) in [4.78, 5) is 13.0. The van der Waals surface area contributed by atoms with E-state index in [1.54, 1.807) is 40.5 Å². The average Bonchev–Trinajstić information content (AvgIpc) is 3.32. The van der Waals surface area contributed by atoms with E-state index in [0.29, 0.717) is 54.8 Å². The molecule has 0 bridgehead atoms. The van der Waals surface area contributed by atoms with Crippen molar-refractivity contribution < 1.29 is 13.2 Å². The van der Waals surface area contributed by atoms with E-state index in [0.717, 1.165) is 12.3 Å². The lowest BCUT2D eigenvalue weighted by Crippen LogP contribution is -2.05. The highest BCUT2D eigenvalue weighted by molar-refractivity contribution is 7.99. The highest BCUT2D eigenvalue weighted by atomic mass is 35.5. The van der Waals surface area contributed by atoms with Crippen LogP contribution in [0.25, 0.3) is 39.5 Å². The van der Waals surface area contributed by atoms with Crippen LogP contribution in [-0.4, -0.2) is 34.9 Å². The van der Waals surface area contributed by atoms with Gasteiger partial charge in [0.25, 0.3) is 0 Å². The van der Waals surface area contributed by atoms with Gasteiger partial charge in [-0.2, -0.15) is 18.3 Å². The maximum absolute atomic E-state index is 13.2. The molecular formula is C22H15Cl2F3N6S. The lowest BCUT2D eigenvalue weighted by atomic mass is 10.1. The van der Waals surface area contributed by atoms with Gasteiger partial charge in [-0.1, -0.05) is 42.3 Å².